The Bertz CT molecular complexity index is 1140. The highest BCUT2D eigenvalue weighted by molar-refractivity contribution is 5.88. The number of aryl methyl sites for hydroxylation is 1. The molecule has 3 aromatic carbocycles. The van der Waals surface area contributed by atoms with Crippen molar-refractivity contribution in [2.45, 2.75) is 59.5 Å². The Balaban J connectivity index is 1.87. The topological polar surface area (TPSA) is 58.6 Å². The van der Waals surface area contributed by atoms with Gasteiger partial charge < -0.3 is 15.0 Å². The number of amides is 2. The van der Waals surface area contributed by atoms with E-state index in [-0.39, 0.29) is 18.4 Å². The van der Waals surface area contributed by atoms with Crippen molar-refractivity contribution < 1.29 is 14.3 Å². The summed E-state index contributed by atoms with van der Waals surface area (Å²) in [7, 11) is 0. The molecule has 1 N–H and O–H groups in total. The Labute approximate surface area is 221 Å². The highest BCUT2D eigenvalue weighted by Crippen LogP contribution is 2.20. The summed E-state index contributed by atoms with van der Waals surface area (Å²) in [5, 5.41) is 3.05. The van der Waals surface area contributed by atoms with Crippen molar-refractivity contribution in [3.05, 3.63) is 101 Å². The second-order valence-electron chi connectivity index (χ2n) is 10.4. The van der Waals surface area contributed by atoms with Gasteiger partial charge in [0, 0.05) is 19.5 Å². The first kappa shape index (κ1) is 28.0. The Hall–Kier alpha value is -3.60. The number of hydrogen-bond donors (Lipinski definition) is 1. The summed E-state index contributed by atoms with van der Waals surface area (Å²) < 4.78 is 5.90. The predicted molar refractivity (Wildman–Crippen MR) is 150 cm³/mol. The average molecular weight is 501 g/mol. The molecule has 5 nitrogen and oxygen atoms in total. The molecule has 3 aromatic rings. The first-order chi connectivity index (χ1) is 17.7. The normalized spacial score (nSPS) is 11.9. The molecule has 0 radical (unpaired) electrons. The van der Waals surface area contributed by atoms with Gasteiger partial charge in [-0.2, -0.15) is 0 Å². The minimum Gasteiger partial charge on any atom is -0.484 e. The monoisotopic (exact) mass is 500 g/mol. The second kappa shape index (κ2) is 13.6. The van der Waals surface area contributed by atoms with Crippen LogP contribution >= 0.6 is 0 Å². The fourth-order valence-electron chi connectivity index (χ4n) is 4.16. The number of hydrogen-bond acceptors (Lipinski definition) is 3. The van der Waals surface area contributed by atoms with Crippen molar-refractivity contribution >= 4 is 11.8 Å². The summed E-state index contributed by atoms with van der Waals surface area (Å²) >= 11 is 0. The second-order valence-corrected chi connectivity index (χ2v) is 10.4. The van der Waals surface area contributed by atoms with Crippen LogP contribution in [0.2, 0.25) is 0 Å². The lowest BCUT2D eigenvalue weighted by molar-refractivity contribution is -0.142. The van der Waals surface area contributed by atoms with Crippen LogP contribution in [-0.2, 0) is 22.6 Å². The zero-order valence-electron chi connectivity index (χ0n) is 22.7. The summed E-state index contributed by atoms with van der Waals surface area (Å²) in [6.45, 7) is 11.1. The Morgan fingerprint density at radius 1 is 0.865 bits per heavy atom. The van der Waals surface area contributed by atoms with E-state index in [1.165, 1.54) is 5.56 Å². The minimum absolute atomic E-state index is 0.143. The number of carbonyl (C=O) groups excluding carboxylic acids is 2. The SMILES string of the molecule is Cc1cccc(CN(C(=O)COc2ccc(C(C)C)cc2)C(Cc2ccccc2)C(=O)NCC(C)C)c1. The van der Waals surface area contributed by atoms with Crippen LogP contribution in [0.15, 0.2) is 78.9 Å². The lowest BCUT2D eigenvalue weighted by Crippen LogP contribution is -2.52. The summed E-state index contributed by atoms with van der Waals surface area (Å²) in [6.07, 6.45) is 0.422. The molecule has 0 saturated heterocycles. The molecule has 0 spiro atoms. The van der Waals surface area contributed by atoms with Crippen LogP contribution in [0.5, 0.6) is 5.75 Å². The van der Waals surface area contributed by atoms with E-state index in [4.69, 9.17) is 4.74 Å². The van der Waals surface area contributed by atoms with Gasteiger partial charge in [0.2, 0.25) is 5.91 Å². The van der Waals surface area contributed by atoms with E-state index in [2.05, 4.69) is 39.1 Å². The Morgan fingerprint density at radius 3 is 2.16 bits per heavy atom. The zero-order valence-corrected chi connectivity index (χ0v) is 22.7. The molecule has 0 aliphatic carbocycles. The average Bonchev–Trinajstić information content (AvgIpc) is 2.88. The third kappa shape index (κ3) is 8.78. The maximum absolute atomic E-state index is 13.7. The van der Waals surface area contributed by atoms with Crippen molar-refractivity contribution in [2.24, 2.45) is 5.92 Å². The van der Waals surface area contributed by atoms with E-state index in [9.17, 15) is 9.59 Å². The largest absolute Gasteiger partial charge is 0.484 e. The van der Waals surface area contributed by atoms with Crippen LogP contribution in [0.25, 0.3) is 0 Å². The third-order valence-corrected chi connectivity index (χ3v) is 6.30. The van der Waals surface area contributed by atoms with Gasteiger partial charge >= 0.3 is 0 Å². The van der Waals surface area contributed by atoms with Gasteiger partial charge in [0.1, 0.15) is 11.8 Å². The number of ether oxygens (including phenoxy) is 1. The number of rotatable bonds is 12. The van der Waals surface area contributed by atoms with Gasteiger partial charge in [-0.25, -0.2) is 0 Å². The maximum atomic E-state index is 13.7. The number of nitrogens with zero attached hydrogens (tertiary/aromatic N) is 1. The molecular formula is C32H40N2O3. The van der Waals surface area contributed by atoms with Crippen molar-refractivity contribution in [3.8, 4) is 5.75 Å². The van der Waals surface area contributed by atoms with Gasteiger partial charge in [-0.1, -0.05) is 100.0 Å². The van der Waals surface area contributed by atoms with Crippen molar-refractivity contribution in [1.29, 1.82) is 0 Å². The Morgan fingerprint density at radius 2 is 1.54 bits per heavy atom. The molecule has 0 fully saturated rings. The van der Waals surface area contributed by atoms with Crippen LogP contribution in [0.1, 0.15) is 55.9 Å². The summed E-state index contributed by atoms with van der Waals surface area (Å²) in [4.78, 5) is 28.8. The highest BCUT2D eigenvalue weighted by atomic mass is 16.5. The number of nitrogens with one attached hydrogen (secondary N) is 1. The number of carbonyl (C=O) groups is 2. The molecular weight excluding hydrogens is 460 g/mol. The fraction of sp³-hybridized carbons (Fsp3) is 0.375. The van der Waals surface area contributed by atoms with E-state index < -0.39 is 6.04 Å². The molecule has 0 saturated carbocycles. The van der Waals surface area contributed by atoms with Crippen molar-refractivity contribution in [2.75, 3.05) is 13.2 Å². The molecule has 1 atom stereocenters. The van der Waals surface area contributed by atoms with Gasteiger partial charge in [0.25, 0.3) is 5.91 Å². The van der Waals surface area contributed by atoms with Crippen LogP contribution in [0.3, 0.4) is 0 Å². The molecule has 1 unspecified atom stereocenters. The van der Waals surface area contributed by atoms with Gasteiger partial charge in [0.15, 0.2) is 6.61 Å². The lowest BCUT2D eigenvalue weighted by Gasteiger charge is -2.32. The van der Waals surface area contributed by atoms with Gasteiger partial charge in [0.05, 0.1) is 0 Å². The highest BCUT2D eigenvalue weighted by Gasteiger charge is 2.30. The standard InChI is InChI=1S/C32H40N2O3/c1-23(2)20-33-32(36)30(19-26-11-7-6-8-12-26)34(21-27-13-9-10-25(5)18-27)31(35)22-37-29-16-14-28(15-17-29)24(3)4/h6-18,23-24,30H,19-22H2,1-5H3,(H,33,36). The maximum Gasteiger partial charge on any atom is 0.261 e. The molecule has 0 heterocycles. The van der Waals surface area contributed by atoms with Crippen LogP contribution in [0, 0.1) is 12.8 Å². The summed E-state index contributed by atoms with van der Waals surface area (Å²) in [5.41, 5.74) is 4.29. The molecule has 5 heteroatoms. The van der Waals surface area contributed by atoms with Gasteiger partial charge in [-0.15, -0.1) is 0 Å². The minimum atomic E-state index is -0.666. The lowest BCUT2D eigenvalue weighted by atomic mass is 10.0. The van der Waals surface area contributed by atoms with Crippen molar-refractivity contribution in [3.63, 3.8) is 0 Å². The van der Waals surface area contributed by atoms with Crippen molar-refractivity contribution in [1.82, 2.24) is 10.2 Å². The number of benzene rings is 3. The molecule has 2 amide bonds. The van der Waals surface area contributed by atoms with Gasteiger partial charge in [-0.05, 0) is 47.6 Å². The van der Waals surface area contributed by atoms with Crippen LogP contribution in [0.4, 0.5) is 0 Å². The first-order valence-electron chi connectivity index (χ1n) is 13.1. The smallest absolute Gasteiger partial charge is 0.261 e. The Kier molecular flexibility index (Phi) is 10.3. The third-order valence-electron chi connectivity index (χ3n) is 6.30. The molecule has 0 bridgehead atoms. The summed E-state index contributed by atoms with van der Waals surface area (Å²) in [5.74, 6) is 0.982. The van der Waals surface area contributed by atoms with E-state index in [0.717, 1.165) is 16.7 Å². The van der Waals surface area contributed by atoms with E-state index >= 15 is 0 Å². The molecule has 0 aliphatic rings. The molecule has 37 heavy (non-hydrogen) atoms. The molecule has 0 aromatic heterocycles. The predicted octanol–water partition coefficient (Wildman–Crippen LogP) is 5.91. The van der Waals surface area contributed by atoms with Crippen LogP contribution < -0.4 is 10.1 Å². The van der Waals surface area contributed by atoms with E-state index in [1.54, 1.807) is 4.90 Å². The van der Waals surface area contributed by atoms with E-state index in [1.807, 2.05) is 79.7 Å². The first-order valence-corrected chi connectivity index (χ1v) is 13.1. The van der Waals surface area contributed by atoms with E-state index in [0.29, 0.717) is 37.1 Å². The molecule has 196 valence electrons. The quantitative estimate of drug-likeness (QED) is 0.336. The fourth-order valence-corrected chi connectivity index (χ4v) is 4.16. The summed E-state index contributed by atoms with van der Waals surface area (Å²) in [6, 6.07) is 25.0. The van der Waals surface area contributed by atoms with Crippen LogP contribution in [-0.4, -0.2) is 35.9 Å². The molecule has 0 aliphatic heterocycles. The zero-order chi connectivity index (χ0) is 26.8. The molecule has 3 rings (SSSR count). The van der Waals surface area contributed by atoms with Gasteiger partial charge in [-0.3, -0.25) is 9.59 Å².